The van der Waals surface area contributed by atoms with E-state index in [1.807, 2.05) is 30.3 Å². The zero-order valence-corrected chi connectivity index (χ0v) is 15.7. The van der Waals surface area contributed by atoms with Crippen molar-refractivity contribution in [3.63, 3.8) is 0 Å². The molecule has 0 aliphatic heterocycles. The van der Waals surface area contributed by atoms with Crippen LogP contribution >= 0.6 is 11.3 Å². The van der Waals surface area contributed by atoms with Gasteiger partial charge in [-0.1, -0.05) is 30.3 Å². The van der Waals surface area contributed by atoms with Crippen LogP contribution in [0.15, 0.2) is 48.0 Å². The van der Waals surface area contributed by atoms with E-state index in [9.17, 15) is 14.4 Å². The molecular formula is C19H17N3O5S. The second-order valence-corrected chi connectivity index (χ2v) is 6.41. The van der Waals surface area contributed by atoms with Crippen molar-refractivity contribution in [1.29, 1.82) is 0 Å². The Kier molecular flexibility index (Phi) is 6.18. The summed E-state index contributed by atoms with van der Waals surface area (Å²) in [7, 11) is 0. The van der Waals surface area contributed by atoms with Gasteiger partial charge in [-0.15, -0.1) is 11.3 Å². The predicted molar refractivity (Wildman–Crippen MR) is 103 cm³/mol. The third-order valence-corrected chi connectivity index (χ3v) is 4.56. The third-order valence-electron chi connectivity index (χ3n) is 3.66. The van der Waals surface area contributed by atoms with Gasteiger partial charge in [-0.05, 0) is 18.6 Å². The van der Waals surface area contributed by atoms with Crippen LogP contribution in [0.3, 0.4) is 0 Å². The van der Waals surface area contributed by atoms with Gasteiger partial charge in [0.05, 0.1) is 6.61 Å². The zero-order valence-electron chi connectivity index (χ0n) is 14.9. The maximum atomic E-state index is 12.5. The SMILES string of the molecule is CCOC(=O)c1c(-c2ccccc2)csc1NC(=O)COC(=O)c1ccn[nH]1. The van der Waals surface area contributed by atoms with Gasteiger partial charge in [0.15, 0.2) is 6.61 Å². The first-order valence-corrected chi connectivity index (χ1v) is 9.28. The van der Waals surface area contributed by atoms with Crippen molar-refractivity contribution in [3.05, 3.63) is 59.2 Å². The summed E-state index contributed by atoms with van der Waals surface area (Å²) in [5.74, 6) is -1.80. The summed E-state index contributed by atoms with van der Waals surface area (Å²) < 4.78 is 10.1. The quantitative estimate of drug-likeness (QED) is 0.591. The van der Waals surface area contributed by atoms with E-state index >= 15 is 0 Å². The Morgan fingerprint density at radius 2 is 1.89 bits per heavy atom. The van der Waals surface area contributed by atoms with Gasteiger partial charge in [0, 0.05) is 17.1 Å². The third kappa shape index (κ3) is 4.44. The van der Waals surface area contributed by atoms with E-state index in [0.29, 0.717) is 10.6 Å². The number of ether oxygens (including phenoxy) is 2. The van der Waals surface area contributed by atoms with Crippen LogP contribution in [-0.4, -0.2) is 41.3 Å². The van der Waals surface area contributed by atoms with Gasteiger partial charge >= 0.3 is 11.9 Å². The molecule has 0 saturated heterocycles. The number of aromatic amines is 1. The number of amides is 1. The average molecular weight is 399 g/mol. The van der Waals surface area contributed by atoms with Crippen LogP contribution in [0.4, 0.5) is 5.00 Å². The van der Waals surface area contributed by atoms with Gasteiger partial charge in [0.25, 0.3) is 5.91 Å². The predicted octanol–water partition coefficient (Wildman–Crippen LogP) is 3.11. The van der Waals surface area contributed by atoms with Crippen LogP contribution in [0.5, 0.6) is 0 Å². The van der Waals surface area contributed by atoms with E-state index in [1.165, 1.54) is 23.6 Å². The Morgan fingerprint density at radius 3 is 2.57 bits per heavy atom. The molecule has 8 nitrogen and oxygen atoms in total. The van der Waals surface area contributed by atoms with Gasteiger partial charge < -0.3 is 14.8 Å². The van der Waals surface area contributed by atoms with E-state index in [4.69, 9.17) is 9.47 Å². The maximum Gasteiger partial charge on any atom is 0.356 e. The number of esters is 2. The summed E-state index contributed by atoms with van der Waals surface area (Å²) in [6.07, 6.45) is 1.40. The monoisotopic (exact) mass is 399 g/mol. The van der Waals surface area contributed by atoms with E-state index in [1.54, 1.807) is 12.3 Å². The van der Waals surface area contributed by atoms with Crippen molar-refractivity contribution < 1.29 is 23.9 Å². The lowest BCUT2D eigenvalue weighted by Gasteiger charge is -2.09. The summed E-state index contributed by atoms with van der Waals surface area (Å²) in [6, 6.07) is 10.7. The van der Waals surface area contributed by atoms with E-state index in [0.717, 1.165) is 5.56 Å². The van der Waals surface area contributed by atoms with Crippen molar-refractivity contribution in [2.24, 2.45) is 0 Å². The fourth-order valence-electron chi connectivity index (χ4n) is 2.43. The van der Waals surface area contributed by atoms with Crippen molar-refractivity contribution in [2.75, 3.05) is 18.5 Å². The minimum Gasteiger partial charge on any atom is -0.462 e. The summed E-state index contributed by atoms with van der Waals surface area (Å²) in [5.41, 5.74) is 1.90. The normalized spacial score (nSPS) is 10.3. The molecule has 28 heavy (non-hydrogen) atoms. The highest BCUT2D eigenvalue weighted by atomic mass is 32.1. The molecule has 0 bridgehead atoms. The second kappa shape index (κ2) is 8.96. The van der Waals surface area contributed by atoms with Gasteiger partial charge in [0.1, 0.15) is 16.3 Å². The molecule has 1 amide bonds. The Bertz CT molecular complexity index is 967. The topological polar surface area (TPSA) is 110 Å². The number of hydrogen-bond donors (Lipinski definition) is 2. The second-order valence-electron chi connectivity index (χ2n) is 5.53. The van der Waals surface area contributed by atoms with Crippen molar-refractivity contribution in [3.8, 4) is 11.1 Å². The van der Waals surface area contributed by atoms with E-state index < -0.39 is 24.5 Å². The number of rotatable bonds is 7. The first kappa shape index (κ1) is 19.3. The van der Waals surface area contributed by atoms with Crippen molar-refractivity contribution >= 4 is 34.2 Å². The van der Waals surface area contributed by atoms with Crippen LogP contribution in [0.25, 0.3) is 11.1 Å². The number of aromatic nitrogens is 2. The first-order valence-electron chi connectivity index (χ1n) is 8.40. The Labute approximate surface area is 164 Å². The number of anilines is 1. The number of thiophene rings is 1. The molecule has 0 spiro atoms. The molecule has 0 atom stereocenters. The molecule has 0 fully saturated rings. The first-order chi connectivity index (χ1) is 13.6. The fraction of sp³-hybridized carbons (Fsp3) is 0.158. The number of carbonyl (C=O) groups excluding carboxylic acids is 3. The highest BCUT2D eigenvalue weighted by molar-refractivity contribution is 7.15. The Morgan fingerprint density at radius 1 is 1.11 bits per heavy atom. The van der Waals surface area contributed by atoms with Gasteiger partial charge in [-0.25, -0.2) is 9.59 Å². The lowest BCUT2D eigenvalue weighted by molar-refractivity contribution is -0.119. The molecule has 2 aromatic heterocycles. The van der Waals surface area contributed by atoms with Crippen LogP contribution in [0, 0.1) is 0 Å². The fourth-order valence-corrected chi connectivity index (χ4v) is 3.40. The largest absolute Gasteiger partial charge is 0.462 e. The Balaban J connectivity index is 1.75. The van der Waals surface area contributed by atoms with Gasteiger partial charge in [-0.3, -0.25) is 9.89 Å². The number of nitrogens with zero attached hydrogens (tertiary/aromatic N) is 1. The number of carbonyl (C=O) groups is 3. The molecule has 3 rings (SSSR count). The minimum absolute atomic E-state index is 0.141. The minimum atomic E-state index is -0.700. The molecule has 144 valence electrons. The lowest BCUT2D eigenvalue weighted by Crippen LogP contribution is -2.22. The molecule has 9 heteroatoms. The summed E-state index contributed by atoms with van der Waals surface area (Å²) in [6.45, 7) is 1.41. The number of hydrogen-bond acceptors (Lipinski definition) is 7. The zero-order chi connectivity index (χ0) is 19.9. The highest BCUT2D eigenvalue weighted by Crippen LogP contribution is 2.36. The molecular weight excluding hydrogens is 382 g/mol. The number of benzene rings is 1. The molecule has 0 unspecified atom stereocenters. The standard InChI is InChI=1S/C19H17N3O5S/c1-2-26-19(25)16-13(12-6-4-3-5-7-12)11-28-17(16)21-15(23)10-27-18(24)14-8-9-20-22-14/h3-9,11H,2,10H2,1H3,(H,20,22)(H,21,23). The van der Waals surface area contributed by atoms with E-state index in [2.05, 4.69) is 15.5 Å². The van der Waals surface area contributed by atoms with E-state index in [-0.39, 0.29) is 17.9 Å². The summed E-state index contributed by atoms with van der Waals surface area (Å²) >= 11 is 1.20. The molecule has 0 radical (unpaired) electrons. The van der Waals surface area contributed by atoms with Crippen molar-refractivity contribution in [1.82, 2.24) is 10.2 Å². The number of nitrogens with one attached hydrogen (secondary N) is 2. The average Bonchev–Trinajstić information content (AvgIpc) is 3.37. The summed E-state index contributed by atoms with van der Waals surface area (Å²) in [4.78, 5) is 36.4. The molecule has 0 aliphatic carbocycles. The molecule has 0 aliphatic rings. The molecule has 0 saturated carbocycles. The van der Waals surface area contributed by atoms with Crippen LogP contribution in [0.1, 0.15) is 27.8 Å². The maximum absolute atomic E-state index is 12.5. The molecule has 1 aromatic carbocycles. The van der Waals surface area contributed by atoms with Gasteiger partial charge in [0.2, 0.25) is 0 Å². The molecule has 3 aromatic rings. The molecule has 2 N–H and O–H groups in total. The van der Waals surface area contributed by atoms with Crippen LogP contribution in [-0.2, 0) is 14.3 Å². The van der Waals surface area contributed by atoms with Crippen molar-refractivity contribution in [2.45, 2.75) is 6.92 Å². The Hall–Kier alpha value is -3.46. The highest BCUT2D eigenvalue weighted by Gasteiger charge is 2.23. The lowest BCUT2D eigenvalue weighted by atomic mass is 10.0. The summed E-state index contributed by atoms with van der Waals surface area (Å²) in [5, 5.41) is 10.8. The molecule has 2 heterocycles. The number of H-pyrrole nitrogens is 1. The van der Waals surface area contributed by atoms with Crippen LogP contribution in [0.2, 0.25) is 0 Å². The van der Waals surface area contributed by atoms with Gasteiger partial charge in [-0.2, -0.15) is 5.10 Å². The smallest absolute Gasteiger partial charge is 0.356 e. The van der Waals surface area contributed by atoms with Crippen LogP contribution < -0.4 is 5.32 Å².